The molecule has 1 aliphatic heterocycles. The number of anilines is 1. The third-order valence-corrected chi connectivity index (χ3v) is 3.60. The number of methoxy groups -OCH3 is 1. The summed E-state index contributed by atoms with van der Waals surface area (Å²) in [6.07, 6.45) is 6.74. The van der Waals surface area contributed by atoms with Gasteiger partial charge < -0.3 is 14.1 Å². The summed E-state index contributed by atoms with van der Waals surface area (Å²) >= 11 is 0. The molecule has 108 valence electrons. The van der Waals surface area contributed by atoms with Crippen LogP contribution in [0.3, 0.4) is 0 Å². The highest BCUT2D eigenvalue weighted by atomic mass is 16.5. The largest absolute Gasteiger partial charge is 0.495 e. The summed E-state index contributed by atoms with van der Waals surface area (Å²) in [5, 5.41) is 0. The van der Waals surface area contributed by atoms with Gasteiger partial charge in [0.15, 0.2) is 0 Å². The van der Waals surface area contributed by atoms with Crippen molar-refractivity contribution in [3.8, 4) is 5.75 Å². The predicted molar refractivity (Wildman–Crippen MR) is 81.4 cm³/mol. The zero-order valence-corrected chi connectivity index (χ0v) is 11.9. The fraction of sp³-hybridized carbons (Fsp3) is 0.235. The quantitative estimate of drug-likeness (QED) is 0.812. The number of rotatable bonds is 3. The highest BCUT2D eigenvalue weighted by Gasteiger charge is 2.24. The minimum Gasteiger partial charge on any atom is -0.495 e. The second kappa shape index (κ2) is 5.87. The van der Waals surface area contributed by atoms with Crippen molar-refractivity contribution >= 4 is 17.7 Å². The molecule has 0 bridgehead atoms. The summed E-state index contributed by atoms with van der Waals surface area (Å²) < 4.78 is 10.6. The molecule has 4 nitrogen and oxygen atoms in total. The van der Waals surface area contributed by atoms with Crippen LogP contribution in [-0.4, -0.2) is 19.6 Å². The Kier molecular flexibility index (Phi) is 3.77. The van der Waals surface area contributed by atoms with Crippen molar-refractivity contribution in [1.82, 2.24) is 0 Å². The number of benzene rings is 1. The number of fused-ring (bicyclic) bond motifs is 1. The van der Waals surface area contributed by atoms with Crippen LogP contribution in [0.25, 0.3) is 6.08 Å². The minimum atomic E-state index is -0.0585. The summed E-state index contributed by atoms with van der Waals surface area (Å²) in [4.78, 5) is 14.2. The highest BCUT2D eigenvalue weighted by molar-refractivity contribution is 6.05. The van der Waals surface area contributed by atoms with E-state index in [4.69, 9.17) is 9.15 Å². The van der Waals surface area contributed by atoms with Gasteiger partial charge in [0.2, 0.25) is 0 Å². The smallest absolute Gasteiger partial charge is 0.251 e. The van der Waals surface area contributed by atoms with E-state index in [1.54, 1.807) is 36.5 Å². The lowest BCUT2D eigenvalue weighted by atomic mass is 10.0. The number of aryl methyl sites for hydroxylation is 1. The summed E-state index contributed by atoms with van der Waals surface area (Å²) in [6.45, 7) is 0.703. The van der Waals surface area contributed by atoms with Crippen molar-refractivity contribution in [2.24, 2.45) is 0 Å². The van der Waals surface area contributed by atoms with Crippen LogP contribution >= 0.6 is 0 Å². The Hall–Kier alpha value is -2.49. The second-order valence-electron chi connectivity index (χ2n) is 4.91. The number of hydrogen-bond donors (Lipinski definition) is 0. The van der Waals surface area contributed by atoms with Gasteiger partial charge in [-0.3, -0.25) is 4.79 Å². The molecule has 0 atom stereocenters. The van der Waals surface area contributed by atoms with Crippen LogP contribution in [0.4, 0.5) is 5.69 Å². The molecule has 0 radical (unpaired) electrons. The highest BCUT2D eigenvalue weighted by Crippen LogP contribution is 2.36. The van der Waals surface area contributed by atoms with E-state index in [1.807, 2.05) is 24.3 Å². The maximum atomic E-state index is 12.5. The molecule has 1 amide bonds. The van der Waals surface area contributed by atoms with Crippen LogP contribution in [-0.2, 0) is 11.2 Å². The van der Waals surface area contributed by atoms with Gasteiger partial charge in [-0.1, -0.05) is 12.1 Å². The number of ether oxygens (including phenoxy) is 1. The van der Waals surface area contributed by atoms with E-state index in [1.165, 1.54) is 0 Å². The zero-order chi connectivity index (χ0) is 14.7. The Morgan fingerprint density at radius 1 is 1.33 bits per heavy atom. The first-order chi connectivity index (χ1) is 10.3. The molecule has 0 fully saturated rings. The number of para-hydroxylation sites is 1. The average Bonchev–Trinajstić information content (AvgIpc) is 3.04. The first kappa shape index (κ1) is 13.5. The predicted octanol–water partition coefficient (Wildman–Crippen LogP) is 3.28. The Labute approximate surface area is 123 Å². The molecule has 0 saturated carbocycles. The summed E-state index contributed by atoms with van der Waals surface area (Å²) in [5.41, 5.74) is 2.04. The van der Waals surface area contributed by atoms with E-state index < -0.39 is 0 Å². The molecule has 4 heteroatoms. The number of furan rings is 1. The lowest BCUT2D eigenvalue weighted by Crippen LogP contribution is -2.34. The van der Waals surface area contributed by atoms with E-state index >= 15 is 0 Å². The molecule has 1 aromatic heterocycles. The second-order valence-corrected chi connectivity index (χ2v) is 4.91. The minimum absolute atomic E-state index is 0.0585. The van der Waals surface area contributed by atoms with Gasteiger partial charge in [-0.05, 0) is 42.7 Å². The van der Waals surface area contributed by atoms with Gasteiger partial charge in [0.1, 0.15) is 11.5 Å². The first-order valence-electron chi connectivity index (χ1n) is 6.98. The number of amides is 1. The molecule has 1 aromatic carbocycles. The maximum Gasteiger partial charge on any atom is 0.251 e. The van der Waals surface area contributed by atoms with Crippen LogP contribution in [0.1, 0.15) is 17.7 Å². The van der Waals surface area contributed by atoms with Gasteiger partial charge in [-0.2, -0.15) is 0 Å². The van der Waals surface area contributed by atoms with Crippen molar-refractivity contribution in [2.75, 3.05) is 18.6 Å². The Balaban J connectivity index is 1.89. The Bertz CT molecular complexity index is 644. The Morgan fingerprint density at radius 3 is 3.00 bits per heavy atom. The zero-order valence-electron chi connectivity index (χ0n) is 11.9. The lowest BCUT2D eigenvalue weighted by Gasteiger charge is -2.30. The molecule has 3 rings (SSSR count). The Morgan fingerprint density at radius 2 is 2.24 bits per heavy atom. The van der Waals surface area contributed by atoms with Gasteiger partial charge in [0.25, 0.3) is 5.91 Å². The molecule has 0 N–H and O–H groups in total. The SMILES string of the molecule is COc1cccc2c1N(C(=O)/C=C/c1ccco1)CCC2. The van der Waals surface area contributed by atoms with Crippen molar-refractivity contribution in [1.29, 1.82) is 0 Å². The van der Waals surface area contributed by atoms with E-state index in [9.17, 15) is 4.79 Å². The number of hydrogen-bond acceptors (Lipinski definition) is 3. The maximum absolute atomic E-state index is 12.5. The van der Waals surface area contributed by atoms with Crippen molar-refractivity contribution in [2.45, 2.75) is 12.8 Å². The van der Waals surface area contributed by atoms with Crippen LogP contribution < -0.4 is 9.64 Å². The number of carbonyl (C=O) groups is 1. The normalized spacial score (nSPS) is 14.2. The number of carbonyl (C=O) groups excluding carboxylic acids is 1. The molecule has 0 spiro atoms. The first-order valence-corrected chi connectivity index (χ1v) is 6.98. The third kappa shape index (κ3) is 2.70. The van der Waals surface area contributed by atoms with E-state index in [0.717, 1.165) is 29.8 Å². The molecular formula is C17H17NO3. The van der Waals surface area contributed by atoms with Crippen LogP contribution in [0.2, 0.25) is 0 Å². The van der Waals surface area contributed by atoms with Gasteiger partial charge in [-0.15, -0.1) is 0 Å². The van der Waals surface area contributed by atoms with E-state index in [-0.39, 0.29) is 5.91 Å². The standard InChI is InChI=1S/C17H17NO3/c1-20-15-8-2-5-13-6-3-11-18(17(13)15)16(19)10-9-14-7-4-12-21-14/h2,4-5,7-10,12H,3,6,11H2,1H3/b10-9+. The lowest BCUT2D eigenvalue weighted by molar-refractivity contribution is -0.114. The van der Waals surface area contributed by atoms with Crippen LogP contribution in [0.15, 0.2) is 47.1 Å². The van der Waals surface area contributed by atoms with Crippen molar-refractivity contribution in [3.63, 3.8) is 0 Å². The molecule has 21 heavy (non-hydrogen) atoms. The number of nitrogens with zero attached hydrogens (tertiary/aromatic N) is 1. The molecule has 2 heterocycles. The third-order valence-electron chi connectivity index (χ3n) is 3.60. The van der Waals surface area contributed by atoms with Gasteiger partial charge in [0.05, 0.1) is 19.1 Å². The van der Waals surface area contributed by atoms with Crippen LogP contribution in [0.5, 0.6) is 5.75 Å². The van der Waals surface area contributed by atoms with Gasteiger partial charge in [-0.25, -0.2) is 0 Å². The summed E-state index contributed by atoms with van der Waals surface area (Å²) in [5.74, 6) is 1.35. The average molecular weight is 283 g/mol. The molecule has 0 saturated heterocycles. The van der Waals surface area contributed by atoms with Crippen LogP contribution in [0, 0.1) is 0 Å². The van der Waals surface area contributed by atoms with E-state index in [2.05, 4.69) is 0 Å². The van der Waals surface area contributed by atoms with Gasteiger partial charge in [0, 0.05) is 12.6 Å². The van der Waals surface area contributed by atoms with Gasteiger partial charge >= 0.3 is 0 Å². The van der Waals surface area contributed by atoms with E-state index in [0.29, 0.717) is 12.3 Å². The summed E-state index contributed by atoms with van der Waals surface area (Å²) in [7, 11) is 1.63. The molecule has 0 aliphatic carbocycles. The van der Waals surface area contributed by atoms with Crippen molar-refractivity contribution in [3.05, 3.63) is 54.0 Å². The molecule has 1 aliphatic rings. The molecule has 2 aromatic rings. The fourth-order valence-corrected chi connectivity index (χ4v) is 2.63. The summed E-state index contributed by atoms with van der Waals surface area (Å²) in [6, 6.07) is 9.51. The van der Waals surface area contributed by atoms with Crippen molar-refractivity contribution < 1.29 is 13.9 Å². The fourth-order valence-electron chi connectivity index (χ4n) is 2.63. The topological polar surface area (TPSA) is 42.7 Å². The monoisotopic (exact) mass is 283 g/mol. The molecule has 0 unspecified atom stereocenters. The molecular weight excluding hydrogens is 266 g/mol.